The summed E-state index contributed by atoms with van der Waals surface area (Å²) < 4.78 is 0.867. The lowest BCUT2D eigenvalue weighted by Crippen LogP contribution is -2.09. The Hall–Kier alpha value is -1.21. The molecular weight excluding hydrogens is 326 g/mol. The number of nitrogens with one attached hydrogen (secondary N) is 2. The van der Waals surface area contributed by atoms with Crippen LogP contribution in [0.4, 0.5) is 11.6 Å². The monoisotopic (exact) mass is 341 g/mol. The summed E-state index contributed by atoms with van der Waals surface area (Å²) in [4.78, 5) is 12.8. The Morgan fingerprint density at radius 2 is 2.00 bits per heavy atom. The second kappa shape index (κ2) is 6.81. The fourth-order valence-corrected chi connectivity index (χ4v) is 2.75. The summed E-state index contributed by atoms with van der Waals surface area (Å²) in [5.74, 6) is 1.61. The smallest absolute Gasteiger partial charge is 0.145 e. The van der Waals surface area contributed by atoms with Crippen molar-refractivity contribution < 1.29 is 0 Å². The maximum Gasteiger partial charge on any atom is 0.145 e. The van der Waals surface area contributed by atoms with Gasteiger partial charge in [0.2, 0.25) is 0 Å². The first-order valence-corrected chi connectivity index (χ1v) is 7.77. The zero-order chi connectivity index (χ0) is 13.7. The molecule has 0 aliphatic rings. The average Bonchev–Trinajstić information content (AvgIpc) is 2.80. The predicted octanol–water partition coefficient (Wildman–Crippen LogP) is 3.09. The van der Waals surface area contributed by atoms with E-state index in [1.165, 1.54) is 0 Å². The van der Waals surface area contributed by atoms with Gasteiger partial charge in [-0.3, -0.25) is 0 Å². The van der Waals surface area contributed by atoms with Crippen LogP contribution >= 0.6 is 27.3 Å². The third-order valence-electron chi connectivity index (χ3n) is 2.47. The molecule has 5 nitrogen and oxygen atoms in total. The van der Waals surface area contributed by atoms with Crippen molar-refractivity contribution in [1.82, 2.24) is 15.0 Å². The lowest BCUT2D eigenvalue weighted by molar-refractivity contribution is 0.954. The molecule has 2 rings (SSSR count). The molecule has 0 atom stereocenters. The summed E-state index contributed by atoms with van der Waals surface area (Å²) in [6, 6.07) is 0. The number of aryl methyl sites for hydroxylation is 1. The number of aromatic nitrogens is 3. The van der Waals surface area contributed by atoms with E-state index in [1.54, 1.807) is 17.7 Å². The van der Waals surface area contributed by atoms with Gasteiger partial charge in [-0.15, -0.1) is 11.3 Å². The Morgan fingerprint density at radius 1 is 1.26 bits per heavy atom. The summed E-state index contributed by atoms with van der Waals surface area (Å²) in [6.45, 7) is 5.68. The maximum absolute atomic E-state index is 4.43. The molecule has 0 bridgehead atoms. The van der Waals surface area contributed by atoms with Gasteiger partial charge in [-0.05, 0) is 29.8 Å². The number of hydrogen-bond acceptors (Lipinski definition) is 6. The van der Waals surface area contributed by atoms with Gasteiger partial charge in [0.05, 0.1) is 10.7 Å². The van der Waals surface area contributed by atoms with Crippen LogP contribution in [0.25, 0.3) is 0 Å². The second-order valence-electron chi connectivity index (χ2n) is 3.95. The molecule has 2 aromatic heterocycles. The molecule has 0 saturated heterocycles. The molecule has 2 heterocycles. The van der Waals surface area contributed by atoms with Crippen molar-refractivity contribution in [3.05, 3.63) is 26.9 Å². The second-order valence-corrected chi connectivity index (χ2v) is 5.81. The van der Waals surface area contributed by atoms with Gasteiger partial charge in [-0.2, -0.15) is 0 Å². The first-order valence-electron chi connectivity index (χ1n) is 6.10. The largest absolute Gasteiger partial charge is 0.369 e. The van der Waals surface area contributed by atoms with Gasteiger partial charge in [0, 0.05) is 24.9 Å². The number of hydrogen-bond donors (Lipinski definition) is 2. The maximum atomic E-state index is 4.43. The van der Waals surface area contributed by atoms with E-state index in [2.05, 4.69) is 46.9 Å². The Bertz CT molecular complexity index is 543. The van der Waals surface area contributed by atoms with E-state index < -0.39 is 0 Å². The Kier molecular flexibility index (Phi) is 5.09. The van der Waals surface area contributed by atoms with E-state index in [0.717, 1.165) is 46.3 Å². The van der Waals surface area contributed by atoms with Gasteiger partial charge < -0.3 is 10.6 Å². The van der Waals surface area contributed by atoms with E-state index in [0.29, 0.717) is 0 Å². The van der Waals surface area contributed by atoms with Crippen LogP contribution in [0.1, 0.15) is 17.6 Å². The van der Waals surface area contributed by atoms with Gasteiger partial charge in [0.1, 0.15) is 22.4 Å². The molecular formula is C12H16BrN5S. The molecule has 0 aromatic carbocycles. The highest BCUT2D eigenvalue weighted by molar-refractivity contribution is 9.10. The van der Waals surface area contributed by atoms with Crippen molar-refractivity contribution in [3.63, 3.8) is 0 Å². The van der Waals surface area contributed by atoms with Crippen LogP contribution in [0.2, 0.25) is 0 Å². The Labute approximate surface area is 125 Å². The lowest BCUT2D eigenvalue weighted by Gasteiger charge is -2.10. The average molecular weight is 342 g/mol. The van der Waals surface area contributed by atoms with Crippen molar-refractivity contribution in [2.45, 2.75) is 20.3 Å². The van der Waals surface area contributed by atoms with Crippen LogP contribution in [-0.4, -0.2) is 28.0 Å². The number of halogens is 1. The third kappa shape index (κ3) is 3.87. The van der Waals surface area contributed by atoms with E-state index in [-0.39, 0.29) is 0 Å². The SMILES string of the molecule is CCNc1ncnc(NCCc2csc(C)n2)c1Br. The Balaban J connectivity index is 1.94. The topological polar surface area (TPSA) is 62.7 Å². The molecule has 2 N–H and O–H groups in total. The van der Waals surface area contributed by atoms with Gasteiger partial charge in [0.15, 0.2) is 0 Å². The minimum Gasteiger partial charge on any atom is -0.369 e. The number of nitrogens with zero attached hydrogens (tertiary/aromatic N) is 3. The summed E-state index contributed by atoms with van der Waals surface area (Å²) in [7, 11) is 0. The number of anilines is 2. The summed E-state index contributed by atoms with van der Waals surface area (Å²) in [5, 5.41) is 9.67. The fourth-order valence-electron chi connectivity index (χ4n) is 1.62. The van der Waals surface area contributed by atoms with E-state index in [9.17, 15) is 0 Å². The molecule has 19 heavy (non-hydrogen) atoms. The quantitative estimate of drug-likeness (QED) is 0.845. The lowest BCUT2D eigenvalue weighted by atomic mass is 10.3. The molecule has 0 unspecified atom stereocenters. The summed E-state index contributed by atoms with van der Waals surface area (Å²) >= 11 is 5.19. The zero-order valence-corrected chi connectivity index (χ0v) is 13.3. The molecule has 0 aliphatic heterocycles. The first kappa shape index (κ1) is 14.2. The van der Waals surface area contributed by atoms with Gasteiger partial charge in [0.25, 0.3) is 0 Å². The highest BCUT2D eigenvalue weighted by Gasteiger charge is 2.07. The van der Waals surface area contributed by atoms with Crippen molar-refractivity contribution in [1.29, 1.82) is 0 Å². The van der Waals surface area contributed by atoms with Crippen molar-refractivity contribution in [2.75, 3.05) is 23.7 Å². The molecule has 102 valence electrons. The molecule has 0 spiro atoms. The van der Waals surface area contributed by atoms with Crippen LogP contribution in [-0.2, 0) is 6.42 Å². The van der Waals surface area contributed by atoms with E-state index >= 15 is 0 Å². The van der Waals surface area contributed by atoms with Gasteiger partial charge in [-0.1, -0.05) is 0 Å². The minimum atomic E-state index is 0.796. The molecule has 7 heteroatoms. The van der Waals surface area contributed by atoms with Crippen LogP contribution in [0.5, 0.6) is 0 Å². The number of thiazole rings is 1. The molecule has 0 radical (unpaired) electrons. The van der Waals surface area contributed by atoms with Crippen LogP contribution in [0, 0.1) is 6.92 Å². The van der Waals surface area contributed by atoms with E-state index in [1.807, 2.05) is 13.8 Å². The van der Waals surface area contributed by atoms with Crippen molar-refractivity contribution in [3.8, 4) is 0 Å². The van der Waals surface area contributed by atoms with Crippen LogP contribution < -0.4 is 10.6 Å². The fraction of sp³-hybridized carbons (Fsp3) is 0.417. The highest BCUT2D eigenvalue weighted by atomic mass is 79.9. The van der Waals surface area contributed by atoms with Gasteiger partial charge in [-0.25, -0.2) is 15.0 Å². The predicted molar refractivity (Wildman–Crippen MR) is 82.9 cm³/mol. The van der Waals surface area contributed by atoms with Crippen molar-refractivity contribution in [2.24, 2.45) is 0 Å². The summed E-state index contributed by atoms with van der Waals surface area (Å²) in [5.41, 5.74) is 1.12. The zero-order valence-electron chi connectivity index (χ0n) is 10.9. The highest BCUT2D eigenvalue weighted by Crippen LogP contribution is 2.26. The first-order chi connectivity index (χ1) is 9.20. The van der Waals surface area contributed by atoms with Crippen molar-refractivity contribution >= 4 is 38.9 Å². The van der Waals surface area contributed by atoms with Gasteiger partial charge >= 0.3 is 0 Å². The molecule has 2 aromatic rings. The van der Waals surface area contributed by atoms with Crippen LogP contribution in [0.3, 0.4) is 0 Å². The van der Waals surface area contributed by atoms with E-state index in [4.69, 9.17) is 0 Å². The minimum absolute atomic E-state index is 0.796. The summed E-state index contributed by atoms with van der Waals surface area (Å²) in [6.07, 6.45) is 2.44. The molecule has 0 fully saturated rings. The molecule has 0 aliphatic carbocycles. The third-order valence-corrected chi connectivity index (χ3v) is 4.05. The Morgan fingerprint density at radius 3 is 2.63 bits per heavy atom. The molecule has 0 saturated carbocycles. The molecule has 0 amide bonds. The standard InChI is InChI=1S/C12H16BrN5S/c1-3-14-11-10(13)12(17-7-16-11)15-5-4-9-6-19-8(2)18-9/h6-7H,3-5H2,1-2H3,(H2,14,15,16,17). The number of rotatable bonds is 6. The van der Waals surface area contributed by atoms with Crippen LogP contribution in [0.15, 0.2) is 16.2 Å². The normalized spacial score (nSPS) is 10.5.